The number of ether oxygens (including phenoxy) is 2. The van der Waals surface area contributed by atoms with Gasteiger partial charge in [0.15, 0.2) is 5.13 Å². The molecule has 34 heavy (non-hydrogen) atoms. The highest BCUT2D eigenvalue weighted by Crippen LogP contribution is 2.65. The van der Waals surface area contributed by atoms with Gasteiger partial charge in [-0.1, -0.05) is 19.9 Å². The van der Waals surface area contributed by atoms with E-state index >= 15 is 0 Å². The number of aryl methyl sites for hydroxylation is 1. The second-order valence-electron chi connectivity index (χ2n) is 11.0. The number of ketones is 1. The van der Waals surface area contributed by atoms with Crippen LogP contribution in [0.4, 0.5) is 10.8 Å². The summed E-state index contributed by atoms with van der Waals surface area (Å²) >= 11 is 1.76. The van der Waals surface area contributed by atoms with Crippen molar-refractivity contribution in [3.05, 3.63) is 34.8 Å². The lowest BCUT2D eigenvalue weighted by molar-refractivity contribution is -0.131. The summed E-state index contributed by atoms with van der Waals surface area (Å²) in [6.45, 7) is 4.74. The van der Waals surface area contributed by atoms with Crippen molar-refractivity contribution >= 4 is 33.5 Å². The molecule has 0 aliphatic heterocycles. The van der Waals surface area contributed by atoms with E-state index < -0.39 is 0 Å². The third-order valence-corrected chi connectivity index (χ3v) is 10.7. The lowest BCUT2D eigenvalue weighted by atomic mass is 9.48. The van der Waals surface area contributed by atoms with Crippen molar-refractivity contribution in [2.45, 2.75) is 58.8 Å². The molecule has 4 aliphatic rings. The maximum absolute atomic E-state index is 12.7. The van der Waals surface area contributed by atoms with Crippen LogP contribution in [0.5, 0.6) is 11.5 Å². The normalized spacial score (nSPS) is 33.8. The van der Waals surface area contributed by atoms with E-state index in [4.69, 9.17) is 14.5 Å². The minimum absolute atomic E-state index is 0.0732. The number of anilines is 2. The fraction of sp³-hybridized carbons (Fsp3) is 0.571. The van der Waals surface area contributed by atoms with Gasteiger partial charge in [0.05, 0.1) is 25.6 Å². The van der Waals surface area contributed by atoms with Crippen LogP contribution in [0.25, 0.3) is 5.57 Å². The highest BCUT2D eigenvalue weighted by atomic mass is 32.1. The molecule has 0 bridgehead atoms. The van der Waals surface area contributed by atoms with Crippen molar-refractivity contribution in [3.8, 4) is 11.5 Å². The number of aromatic nitrogens is 1. The highest BCUT2D eigenvalue weighted by Gasteiger charge is 2.59. The Morgan fingerprint density at radius 1 is 1.06 bits per heavy atom. The predicted octanol–water partition coefficient (Wildman–Crippen LogP) is 6.66. The van der Waals surface area contributed by atoms with Crippen LogP contribution in [0.15, 0.2) is 24.3 Å². The number of allylic oxidation sites excluding steroid dienone is 2. The molecule has 2 fully saturated rings. The zero-order valence-corrected chi connectivity index (χ0v) is 21.4. The predicted molar refractivity (Wildman–Crippen MR) is 136 cm³/mol. The Morgan fingerprint density at radius 2 is 1.88 bits per heavy atom. The van der Waals surface area contributed by atoms with Gasteiger partial charge in [-0.05, 0) is 79.4 Å². The molecule has 0 unspecified atom stereocenters. The number of hydrogen-bond acceptors (Lipinski definition) is 6. The van der Waals surface area contributed by atoms with Crippen molar-refractivity contribution in [1.29, 1.82) is 0 Å². The second kappa shape index (κ2) is 7.84. The average molecular weight is 479 g/mol. The van der Waals surface area contributed by atoms with Gasteiger partial charge in [0.1, 0.15) is 17.3 Å². The molecule has 0 spiro atoms. The Hall–Kier alpha value is -2.34. The summed E-state index contributed by atoms with van der Waals surface area (Å²) in [6.07, 6.45) is 9.94. The van der Waals surface area contributed by atoms with Crippen molar-refractivity contribution in [3.63, 3.8) is 0 Å². The van der Waals surface area contributed by atoms with Gasteiger partial charge in [0.25, 0.3) is 0 Å². The summed E-state index contributed by atoms with van der Waals surface area (Å²) in [4.78, 5) is 19.2. The van der Waals surface area contributed by atoms with Crippen LogP contribution < -0.4 is 14.8 Å². The average Bonchev–Trinajstić information content (AvgIpc) is 3.38. The van der Waals surface area contributed by atoms with E-state index in [-0.39, 0.29) is 10.8 Å². The molecule has 2 saturated carbocycles. The summed E-state index contributed by atoms with van der Waals surface area (Å²) in [7, 11) is 3.36. The first-order valence-corrected chi connectivity index (χ1v) is 13.4. The Balaban J connectivity index is 1.32. The molecule has 5 nitrogen and oxygen atoms in total. The minimum atomic E-state index is -0.0732. The van der Waals surface area contributed by atoms with E-state index in [1.54, 1.807) is 25.6 Å². The first kappa shape index (κ1) is 22.1. The van der Waals surface area contributed by atoms with E-state index in [9.17, 15) is 4.79 Å². The largest absolute Gasteiger partial charge is 0.497 e. The lowest BCUT2D eigenvalue weighted by Crippen LogP contribution is -2.49. The molecule has 6 heteroatoms. The first-order valence-electron chi connectivity index (χ1n) is 12.6. The van der Waals surface area contributed by atoms with Gasteiger partial charge in [0, 0.05) is 22.8 Å². The molecule has 1 aromatic carbocycles. The number of nitrogens with one attached hydrogen (secondary N) is 1. The van der Waals surface area contributed by atoms with Crippen LogP contribution in [0, 0.1) is 28.6 Å². The number of methoxy groups -OCH3 is 2. The number of rotatable bonds is 4. The Bertz CT molecular complexity index is 1190. The van der Waals surface area contributed by atoms with Gasteiger partial charge in [-0.2, -0.15) is 0 Å². The van der Waals surface area contributed by atoms with E-state index in [2.05, 4.69) is 25.2 Å². The number of carbonyl (C=O) groups is 1. The first-order chi connectivity index (χ1) is 16.4. The molecular weight excluding hydrogens is 444 g/mol. The van der Waals surface area contributed by atoms with Crippen molar-refractivity contribution < 1.29 is 14.3 Å². The van der Waals surface area contributed by atoms with Crippen molar-refractivity contribution in [1.82, 2.24) is 4.98 Å². The standard InChI is InChI=1S/C28H34N2O3S/c1-27-14-12-23-25(30-26(34-23)29-21-15-16(32-3)5-9-22(21)33-4)20(27)7-6-17-18-8-10-24(31)28(18,2)13-11-19(17)27/h5,7,9,15,17-19H,6,8,10-14H2,1-4H3,(H,29,30)/t17-,18-,19-,27+,28-/m0/s1. The number of thiazole rings is 1. The number of fused-ring (bicyclic) bond motifs is 7. The summed E-state index contributed by atoms with van der Waals surface area (Å²) in [6, 6.07) is 5.77. The van der Waals surface area contributed by atoms with Crippen LogP contribution in [0.3, 0.4) is 0 Å². The van der Waals surface area contributed by atoms with E-state index in [0.29, 0.717) is 23.5 Å². The molecule has 2 aromatic rings. The minimum Gasteiger partial charge on any atom is -0.497 e. The van der Waals surface area contributed by atoms with Gasteiger partial charge in [0.2, 0.25) is 0 Å². The molecule has 0 amide bonds. The zero-order valence-electron chi connectivity index (χ0n) is 20.6. The maximum Gasteiger partial charge on any atom is 0.188 e. The van der Waals surface area contributed by atoms with E-state index in [1.807, 2.05) is 18.2 Å². The third-order valence-electron chi connectivity index (χ3n) is 9.65. The molecule has 5 atom stereocenters. The van der Waals surface area contributed by atoms with Crippen LogP contribution in [-0.4, -0.2) is 25.0 Å². The monoisotopic (exact) mass is 478 g/mol. The smallest absolute Gasteiger partial charge is 0.188 e. The Morgan fingerprint density at radius 3 is 2.68 bits per heavy atom. The van der Waals surface area contributed by atoms with Gasteiger partial charge < -0.3 is 14.8 Å². The number of Topliss-reactive ketones (excluding diaryl/α,β-unsaturated/α-hetero) is 1. The van der Waals surface area contributed by atoms with E-state index in [0.717, 1.165) is 54.4 Å². The number of carbonyl (C=O) groups excluding carboxylic acids is 1. The highest BCUT2D eigenvalue weighted by molar-refractivity contribution is 7.15. The number of nitrogens with zero attached hydrogens (tertiary/aromatic N) is 1. The molecule has 1 heterocycles. The van der Waals surface area contributed by atoms with Gasteiger partial charge in [-0.15, -0.1) is 11.3 Å². The maximum atomic E-state index is 12.7. The van der Waals surface area contributed by atoms with E-state index in [1.165, 1.54) is 29.0 Å². The molecule has 4 aliphatic carbocycles. The van der Waals surface area contributed by atoms with Gasteiger partial charge in [-0.25, -0.2) is 4.98 Å². The molecule has 1 aromatic heterocycles. The number of hydrogen-bond donors (Lipinski definition) is 1. The molecule has 180 valence electrons. The topological polar surface area (TPSA) is 60.5 Å². The number of benzene rings is 1. The molecule has 1 N–H and O–H groups in total. The zero-order chi connectivity index (χ0) is 23.7. The molecular formula is C28H34N2O3S. The fourth-order valence-corrected chi connectivity index (χ4v) is 8.73. The summed E-state index contributed by atoms with van der Waals surface area (Å²) < 4.78 is 11.0. The quantitative estimate of drug-likeness (QED) is 0.533. The Kier molecular flexibility index (Phi) is 5.11. The molecule has 0 radical (unpaired) electrons. The molecule has 0 saturated heterocycles. The Labute approximate surface area is 206 Å². The van der Waals surface area contributed by atoms with Crippen LogP contribution in [-0.2, 0) is 11.2 Å². The van der Waals surface area contributed by atoms with Crippen LogP contribution in [0.2, 0.25) is 0 Å². The fourth-order valence-electron chi connectivity index (χ4n) is 7.74. The summed E-state index contributed by atoms with van der Waals surface area (Å²) in [5.74, 6) is 3.93. The van der Waals surface area contributed by atoms with Gasteiger partial charge >= 0.3 is 0 Å². The van der Waals surface area contributed by atoms with Crippen LogP contribution >= 0.6 is 11.3 Å². The third kappa shape index (κ3) is 3.10. The summed E-state index contributed by atoms with van der Waals surface area (Å²) in [5.41, 5.74) is 3.59. The van der Waals surface area contributed by atoms with Gasteiger partial charge in [-0.3, -0.25) is 4.79 Å². The second-order valence-corrected chi connectivity index (χ2v) is 12.1. The van der Waals surface area contributed by atoms with Crippen molar-refractivity contribution in [2.24, 2.45) is 28.6 Å². The van der Waals surface area contributed by atoms with Crippen LogP contribution in [0.1, 0.15) is 62.9 Å². The molecule has 6 rings (SSSR count). The summed E-state index contributed by atoms with van der Waals surface area (Å²) in [5, 5.41) is 4.40. The van der Waals surface area contributed by atoms with Crippen molar-refractivity contribution in [2.75, 3.05) is 19.5 Å². The lowest BCUT2D eigenvalue weighted by Gasteiger charge is -2.55. The SMILES string of the molecule is COc1ccc(OC)c(Nc2nc3c(s2)CC[C@@]2(C)C3=CC[C@@H]3[C@@H]2CC[C@]2(C)C(=O)CC[C@@H]32)c1.